The molecule has 0 fully saturated rings. The Morgan fingerprint density at radius 3 is 2.54 bits per heavy atom. The van der Waals surface area contributed by atoms with Crippen molar-refractivity contribution in [3.8, 4) is 0 Å². The van der Waals surface area contributed by atoms with Gasteiger partial charge in [-0.05, 0) is 19.1 Å². The first-order chi connectivity index (χ1) is 11.0. The van der Waals surface area contributed by atoms with E-state index in [2.05, 4.69) is 9.47 Å². The van der Waals surface area contributed by atoms with Crippen molar-refractivity contribution in [2.45, 2.75) is 24.6 Å². The first-order valence-electron chi connectivity index (χ1n) is 6.49. The predicted molar refractivity (Wildman–Crippen MR) is 78.2 cm³/mol. The summed E-state index contributed by atoms with van der Waals surface area (Å²) in [5.74, 6) is -2.33. The van der Waals surface area contributed by atoms with Gasteiger partial charge < -0.3 is 9.47 Å². The van der Waals surface area contributed by atoms with Gasteiger partial charge in [-0.15, -0.1) is 0 Å². The zero-order chi connectivity index (χ0) is 18.5. The third-order valence-corrected chi connectivity index (χ3v) is 3.86. The molecule has 7 nitrogen and oxygen atoms in total. The standard InChI is InChI=1S/C13H13BF2O7S/c1-8(13(15,16)24(19,20)21)23-11(17)7-22-12(18)10-4-2-3-9(5-10)6-14/h2-5,8H,6-7H2,1H3,(H,19,20,21). The lowest BCUT2D eigenvalue weighted by atomic mass is 9.96. The Morgan fingerprint density at radius 2 is 2.00 bits per heavy atom. The van der Waals surface area contributed by atoms with E-state index >= 15 is 0 Å². The molecule has 130 valence electrons. The maximum Gasteiger partial charge on any atom is 0.405 e. The van der Waals surface area contributed by atoms with Gasteiger partial charge in [0.25, 0.3) is 0 Å². The Labute approximate surface area is 138 Å². The third kappa shape index (κ3) is 5.00. The van der Waals surface area contributed by atoms with E-state index < -0.39 is 40.0 Å². The minimum atomic E-state index is -5.76. The lowest BCUT2D eigenvalue weighted by Gasteiger charge is -2.20. The zero-order valence-corrected chi connectivity index (χ0v) is 13.3. The van der Waals surface area contributed by atoms with Crippen LogP contribution in [0.5, 0.6) is 0 Å². The van der Waals surface area contributed by atoms with Crippen LogP contribution in [-0.4, -0.2) is 50.7 Å². The zero-order valence-electron chi connectivity index (χ0n) is 12.4. The molecule has 0 amide bonds. The molecule has 1 aromatic carbocycles. The van der Waals surface area contributed by atoms with E-state index in [1.807, 2.05) is 0 Å². The van der Waals surface area contributed by atoms with E-state index in [-0.39, 0.29) is 11.9 Å². The molecule has 24 heavy (non-hydrogen) atoms. The number of carbonyl (C=O) groups is 2. The van der Waals surface area contributed by atoms with Crippen molar-refractivity contribution in [1.29, 1.82) is 0 Å². The molecule has 0 spiro atoms. The van der Waals surface area contributed by atoms with Crippen molar-refractivity contribution in [3.63, 3.8) is 0 Å². The molecule has 0 saturated heterocycles. The summed E-state index contributed by atoms with van der Waals surface area (Å²) in [7, 11) is -0.354. The number of hydrogen-bond donors (Lipinski definition) is 1. The molecule has 1 rings (SSSR count). The molecule has 0 aliphatic rings. The second kappa shape index (κ2) is 7.71. The van der Waals surface area contributed by atoms with Gasteiger partial charge in [0.15, 0.2) is 12.7 Å². The maximum atomic E-state index is 13.2. The highest BCUT2D eigenvalue weighted by molar-refractivity contribution is 7.86. The second-order valence-electron chi connectivity index (χ2n) is 4.65. The van der Waals surface area contributed by atoms with Gasteiger partial charge in [0.2, 0.25) is 0 Å². The smallest absolute Gasteiger partial charge is 0.405 e. The first kappa shape index (κ1) is 20.0. The van der Waals surface area contributed by atoms with E-state index in [1.54, 1.807) is 6.07 Å². The monoisotopic (exact) mass is 362 g/mol. The molecule has 11 heteroatoms. The minimum absolute atomic E-state index is 0.0852. The molecular formula is C13H13BF2O7S. The predicted octanol–water partition coefficient (Wildman–Crippen LogP) is 0.924. The van der Waals surface area contributed by atoms with E-state index in [0.717, 1.165) is 0 Å². The number of esters is 2. The van der Waals surface area contributed by atoms with Crippen molar-refractivity contribution in [2.75, 3.05) is 6.61 Å². The van der Waals surface area contributed by atoms with Crippen LogP contribution in [0.3, 0.4) is 0 Å². The van der Waals surface area contributed by atoms with Gasteiger partial charge in [-0.25, -0.2) is 9.59 Å². The Hall–Kier alpha value is -2.01. The third-order valence-electron chi connectivity index (χ3n) is 2.84. The molecular weight excluding hydrogens is 349 g/mol. The number of rotatable bonds is 7. The van der Waals surface area contributed by atoms with E-state index in [1.165, 1.54) is 18.2 Å². The quantitative estimate of drug-likeness (QED) is 0.437. The Morgan fingerprint density at radius 1 is 1.38 bits per heavy atom. The van der Waals surface area contributed by atoms with Crippen LogP contribution in [0.15, 0.2) is 24.3 Å². The van der Waals surface area contributed by atoms with Crippen LogP contribution in [0.2, 0.25) is 0 Å². The lowest BCUT2D eigenvalue weighted by Crippen LogP contribution is -2.42. The summed E-state index contributed by atoms with van der Waals surface area (Å²) >= 11 is 0. The Balaban J connectivity index is 2.61. The van der Waals surface area contributed by atoms with Gasteiger partial charge in [-0.3, -0.25) is 4.55 Å². The van der Waals surface area contributed by atoms with Crippen LogP contribution in [0.1, 0.15) is 22.8 Å². The molecule has 1 unspecified atom stereocenters. The van der Waals surface area contributed by atoms with Gasteiger partial charge in [0, 0.05) is 0 Å². The fourth-order valence-electron chi connectivity index (χ4n) is 1.54. The molecule has 1 N–H and O–H groups in total. The average molecular weight is 362 g/mol. The van der Waals surface area contributed by atoms with E-state index in [9.17, 15) is 26.8 Å². The first-order valence-corrected chi connectivity index (χ1v) is 7.93. The number of hydrogen-bond acceptors (Lipinski definition) is 6. The van der Waals surface area contributed by atoms with E-state index in [4.69, 9.17) is 12.4 Å². The van der Waals surface area contributed by atoms with Crippen LogP contribution >= 0.6 is 0 Å². The molecule has 0 aromatic heterocycles. The van der Waals surface area contributed by atoms with Crippen molar-refractivity contribution in [2.24, 2.45) is 0 Å². The van der Waals surface area contributed by atoms with Crippen LogP contribution in [-0.2, 0) is 30.7 Å². The molecule has 1 atom stereocenters. The fourth-order valence-corrected chi connectivity index (χ4v) is 2.01. The largest absolute Gasteiger partial charge is 0.452 e. The van der Waals surface area contributed by atoms with Crippen molar-refractivity contribution >= 4 is 29.9 Å². The average Bonchev–Trinajstić information content (AvgIpc) is 2.51. The molecule has 0 saturated carbocycles. The van der Waals surface area contributed by atoms with Crippen molar-refractivity contribution < 1.29 is 40.8 Å². The normalized spacial score (nSPS) is 13.2. The second-order valence-corrected chi connectivity index (χ2v) is 6.14. The topological polar surface area (TPSA) is 107 Å². The van der Waals surface area contributed by atoms with Crippen LogP contribution in [0, 0.1) is 0 Å². The summed E-state index contributed by atoms with van der Waals surface area (Å²) in [6, 6.07) is 6.00. The summed E-state index contributed by atoms with van der Waals surface area (Å²) < 4.78 is 64.5. The number of halogens is 2. The molecule has 2 radical (unpaired) electrons. The summed E-state index contributed by atoms with van der Waals surface area (Å²) in [4.78, 5) is 23.1. The van der Waals surface area contributed by atoms with Gasteiger partial charge >= 0.3 is 27.3 Å². The SMILES string of the molecule is [B]Cc1cccc(C(=O)OCC(=O)OC(C)C(F)(F)S(=O)(=O)O)c1. The van der Waals surface area contributed by atoms with Gasteiger partial charge in [-0.1, -0.05) is 24.0 Å². The highest BCUT2D eigenvalue weighted by atomic mass is 32.2. The maximum absolute atomic E-state index is 13.2. The lowest BCUT2D eigenvalue weighted by molar-refractivity contribution is -0.162. The Kier molecular flexibility index (Phi) is 6.44. The molecule has 0 aliphatic heterocycles. The van der Waals surface area contributed by atoms with Crippen LogP contribution in [0.25, 0.3) is 0 Å². The number of ether oxygens (including phenoxy) is 2. The van der Waals surface area contributed by atoms with Crippen molar-refractivity contribution in [1.82, 2.24) is 0 Å². The molecule has 0 aliphatic carbocycles. The fraction of sp³-hybridized carbons (Fsp3) is 0.385. The highest BCUT2D eigenvalue weighted by Gasteiger charge is 2.51. The molecule has 0 heterocycles. The van der Waals surface area contributed by atoms with E-state index in [0.29, 0.717) is 12.5 Å². The number of carbonyl (C=O) groups excluding carboxylic acids is 2. The van der Waals surface area contributed by atoms with Gasteiger partial charge in [-0.2, -0.15) is 17.2 Å². The minimum Gasteiger partial charge on any atom is -0.452 e. The molecule has 1 aromatic rings. The summed E-state index contributed by atoms with van der Waals surface area (Å²) in [5, 5.41) is -4.69. The van der Waals surface area contributed by atoms with Crippen LogP contribution in [0.4, 0.5) is 8.78 Å². The van der Waals surface area contributed by atoms with Gasteiger partial charge in [0.05, 0.1) is 13.4 Å². The number of benzene rings is 1. The summed E-state index contributed by atoms with van der Waals surface area (Å²) in [6.45, 7) is -0.449. The summed E-state index contributed by atoms with van der Waals surface area (Å²) in [5.41, 5.74) is 0.718. The highest BCUT2D eigenvalue weighted by Crippen LogP contribution is 2.27. The summed E-state index contributed by atoms with van der Waals surface area (Å²) in [6.07, 6.45) is -2.30. The van der Waals surface area contributed by atoms with Crippen LogP contribution < -0.4 is 0 Å². The molecule has 0 bridgehead atoms. The Bertz CT molecular complexity index is 721. The van der Waals surface area contributed by atoms with Crippen molar-refractivity contribution in [3.05, 3.63) is 35.4 Å². The number of alkyl halides is 2. The van der Waals surface area contributed by atoms with Gasteiger partial charge in [0.1, 0.15) is 0 Å².